The molecule has 0 bridgehead atoms. The van der Waals surface area contributed by atoms with E-state index in [9.17, 15) is 0 Å². The fourth-order valence-corrected chi connectivity index (χ4v) is 2.63. The summed E-state index contributed by atoms with van der Waals surface area (Å²) in [5, 5.41) is 1.12. The topological polar surface area (TPSA) is 48.1 Å². The zero-order valence-electron chi connectivity index (χ0n) is 8.45. The van der Waals surface area contributed by atoms with E-state index >= 15 is 0 Å². The average Bonchev–Trinajstić information content (AvgIpc) is 2.47. The van der Waals surface area contributed by atoms with E-state index in [1.807, 2.05) is 6.92 Å². The lowest BCUT2D eigenvalue weighted by Gasteiger charge is -2.21. The monoisotopic (exact) mass is 212 g/mol. The highest BCUT2D eigenvalue weighted by atomic mass is 32.1. The molecule has 2 heterocycles. The van der Waals surface area contributed by atoms with Crippen LogP contribution in [0.4, 0.5) is 5.82 Å². The van der Waals surface area contributed by atoms with Crippen molar-refractivity contribution in [3.63, 3.8) is 0 Å². The SMILES string of the molecule is Cc1sc(CC2CCCCO2)nc1N. The molecule has 0 aromatic carbocycles. The predicted octanol–water partition coefficient (Wildman–Crippen LogP) is 2.15. The Morgan fingerprint density at radius 2 is 2.43 bits per heavy atom. The number of anilines is 1. The summed E-state index contributed by atoms with van der Waals surface area (Å²) in [6, 6.07) is 0. The van der Waals surface area contributed by atoms with Gasteiger partial charge in [-0.15, -0.1) is 11.3 Å². The summed E-state index contributed by atoms with van der Waals surface area (Å²) in [5.41, 5.74) is 5.70. The minimum atomic E-state index is 0.369. The molecule has 1 fully saturated rings. The number of hydrogen-bond donors (Lipinski definition) is 1. The summed E-state index contributed by atoms with van der Waals surface area (Å²) in [7, 11) is 0. The molecule has 1 aromatic heterocycles. The van der Waals surface area contributed by atoms with Gasteiger partial charge in [0, 0.05) is 17.9 Å². The predicted molar refractivity (Wildman–Crippen MR) is 58.6 cm³/mol. The van der Waals surface area contributed by atoms with Crippen LogP contribution >= 0.6 is 11.3 Å². The molecule has 1 aromatic rings. The van der Waals surface area contributed by atoms with Crippen LogP contribution in [0.25, 0.3) is 0 Å². The number of aryl methyl sites for hydroxylation is 1. The Morgan fingerprint density at radius 1 is 1.57 bits per heavy atom. The molecule has 1 unspecified atom stereocenters. The van der Waals surface area contributed by atoms with Crippen molar-refractivity contribution in [3.05, 3.63) is 9.88 Å². The molecule has 0 spiro atoms. The van der Waals surface area contributed by atoms with Gasteiger partial charge in [-0.3, -0.25) is 0 Å². The average molecular weight is 212 g/mol. The van der Waals surface area contributed by atoms with Crippen LogP contribution in [-0.2, 0) is 11.2 Å². The molecule has 0 saturated carbocycles. The number of ether oxygens (including phenoxy) is 1. The first-order chi connectivity index (χ1) is 6.75. The van der Waals surface area contributed by atoms with E-state index in [4.69, 9.17) is 10.5 Å². The second-order valence-corrected chi connectivity index (χ2v) is 5.03. The lowest BCUT2D eigenvalue weighted by Crippen LogP contribution is -2.21. The maximum absolute atomic E-state index is 5.70. The van der Waals surface area contributed by atoms with Gasteiger partial charge < -0.3 is 10.5 Å². The summed E-state index contributed by atoms with van der Waals surface area (Å²) in [4.78, 5) is 5.44. The number of nitrogens with two attached hydrogens (primary N) is 1. The molecular formula is C10H16N2OS. The maximum atomic E-state index is 5.70. The normalized spacial score (nSPS) is 22.5. The summed E-state index contributed by atoms with van der Waals surface area (Å²) >= 11 is 1.69. The molecule has 3 nitrogen and oxygen atoms in total. The number of nitrogen functional groups attached to an aromatic ring is 1. The van der Waals surface area contributed by atoms with E-state index in [2.05, 4.69) is 4.98 Å². The number of aromatic nitrogens is 1. The second kappa shape index (κ2) is 4.28. The molecule has 1 aliphatic rings. The highest BCUT2D eigenvalue weighted by molar-refractivity contribution is 7.12. The van der Waals surface area contributed by atoms with Crippen molar-refractivity contribution >= 4 is 17.2 Å². The van der Waals surface area contributed by atoms with Crippen LogP contribution in [0.5, 0.6) is 0 Å². The fourth-order valence-electron chi connectivity index (χ4n) is 1.72. The zero-order chi connectivity index (χ0) is 9.97. The van der Waals surface area contributed by atoms with Crippen LogP contribution in [0.1, 0.15) is 29.1 Å². The first-order valence-electron chi connectivity index (χ1n) is 5.09. The van der Waals surface area contributed by atoms with Crippen LogP contribution < -0.4 is 5.73 Å². The van der Waals surface area contributed by atoms with Crippen molar-refractivity contribution < 1.29 is 4.74 Å². The Labute approximate surface area is 88.3 Å². The van der Waals surface area contributed by atoms with Crippen LogP contribution in [0, 0.1) is 6.92 Å². The van der Waals surface area contributed by atoms with Gasteiger partial charge in [-0.05, 0) is 26.2 Å². The molecule has 78 valence electrons. The first-order valence-corrected chi connectivity index (χ1v) is 5.91. The molecule has 4 heteroatoms. The third-order valence-electron chi connectivity index (χ3n) is 2.55. The van der Waals surface area contributed by atoms with Crippen molar-refractivity contribution in [2.24, 2.45) is 0 Å². The highest BCUT2D eigenvalue weighted by Gasteiger charge is 2.16. The van der Waals surface area contributed by atoms with Crippen molar-refractivity contribution in [1.82, 2.24) is 4.98 Å². The lowest BCUT2D eigenvalue weighted by molar-refractivity contribution is 0.0168. The van der Waals surface area contributed by atoms with Gasteiger partial charge in [0.25, 0.3) is 0 Å². The lowest BCUT2D eigenvalue weighted by atomic mass is 10.1. The van der Waals surface area contributed by atoms with Gasteiger partial charge in [-0.25, -0.2) is 4.98 Å². The van der Waals surface area contributed by atoms with Crippen LogP contribution in [0.2, 0.25) is 0 Å². The van der Waals surface area contributed by atoms with Crippen molar-refractivity contribution in [2.45, 2.75) is 38.7 Å². The van der Waals surface area contributed by atoms with E-state index in [-0.39, 0.29) is 0 Å². The Bertz CT molecular complexity index is 286. The molecule has 2 N–H and O–H groups in total. The number of hydrogen-bond acceptors (Lipinski definition) is 4. The minimum absolute atomic E-state index is 0.369. The Hall–Kier alpha value is -0.610. The Balaban J connectivity index is 1.95. The highest BCUT2D eigenvalue weighted by Crippen LogP contribution is 2.23. The molecule has 0 amide bonds. The van der Waals surface area contributed by atoms with Gasteiger partial charge >= 0.3 is 0 Å². The molecule has 0 aliphatic carbocycles. The van der Waals surface area contributed by atoms with Gasteiger partial charge in [0.15, 0.2) is 0 Å². The molecule has 14 heavy (non-hydrogen) atoms. The quantitative estimate of drug-likeness (QED) is 0.817. The van der Waals surface area contributed by atoms with Gasteiger partial charge in [0.2, 0.25) is 0 Å². The van der Waals surface area contributed by atoms with Gasteiger partial charge in [0.1, 0.15) is 5.82 Å². The summed E-state index contributed by atoms with van der Waals surface area (Å²) in [5.74, 6) is 0.681. The molecule has 2 rings (SSSR count). The van der Waals surface area contributed by atoms with E-state index in [1.165, 1.54) is 19.3 Å². The summed E-state index contributed by atoms with van der Waals surface area (Å²) in [6.45, 7) is 2.92. The standard InChI is InChI=1S/C10H16N2OS/c1-7-10(11)12-9(14-7)6-8-4-2-3-5-13-8/h8H,2-6,11H2,1H3. The molecular weight excluding hydrogens is 196 g/mol. The molecule has 1 saturated heterocycles. The minimum Gasteiger partial charge on any atom is -0.383 e. The first kappa shape index (κ1) is 9.93. The Morgan fingerprint density at radius 3 is 3.00 bits per heavy atom. The third kappa shape index (κ3) is 2.25. The maximum Gasteiger partial charge on any atom is 0.137 e. The van der Waals surface area contributed by atoms with E-state index < -0.39 is 0 Å². The van der Waals surface area contributed by atoms with Crippen LogP contribution in [0.3, 0.4) is 0 Å². The number of thiazole rings is 1. The molecule has 0 radical (unpaired) electrons. The smallest absolute Gasteiger partial charge is 0.137 e. The van der Waals surface area contributed by atoms with E-state index in [0.29, 0.717) is 11.9 Å². The van der Waals surface area contributed by atoms with Gasteiger partial charge in [-0.1, -0.05) is 0 Å². The van der Waals surface area contributed by atoms with Crippen molar-refractivity contribution in [3.8, 4) is 0 Å². The van der Waals surface area contributed by atoms with Crippen molar-refractivity contribution in [2.75, 3.05) is 12.3 Å². The zero-order valence-corrected chi connectivity index (χ0v) is 9.27. The van der Waals surface area contributed by atoms with E-state index in [0.717, 1.165) is 22.9 Å². The molecule has 1 aliphatic heterocycles. The summed E-state index contributed by atoms with van der Waals surface area (Å²) < 4.78 is 5.66. The largest absolute Gasteiger partial charge is 0.383 e. The second-order valence-electron chi connectivity index (χ2n) is 3.74. The Kier molecular flexibility index (Phi) is 3.03. The van der Waals surface area contributed by atoms with E-state index in [1.54, 1.807) is 11.3 Å². The third-order valence-corrected chi connectivity index (χ3v) is 3.56. The number of rotatable bonds is 2. The van der Waals surface area contributed by atoms with Gasteiger partial charge in [-0.2, -0.15) is 0 Å². The van der Waals surface area contributed by atoms with Crippen LogP contribution in [-0.4, -0.2) is 17.7 Å². The summed E-state index contributed by atoms with van der Waals surface area (Å²) in [6.07, 6.45) is 4.95. The number of nitrogens with zero attached hydrogens (tertiary/aromatic N) is 1. The molecule has 1 atom stereocenters. The van der Waals surface area contributed by atoms with Crippen molar-refractivity contribution in [1.29, 1.82) is 0 Å². The van der Waals surface area contributed by atoms with Crippen LogP contribution in [0.15, 0.2) is 0 Å². The van der Waals surface area contributed by atoms with Gasteiger partial charge in [0.05, 0.1) is 11.1 Å². The fraction of sp³-hybridized carbons (Fsp3) is 0.700.